The molecule has 1 aliphatic heterocycles. The third-order valence-electron chi connectivity index (χ3n) is 1.87. The largest absolute Gasteiger partial charge is 0.590 e. The molecule has 1 aliphatic rings. The number of hydroxylamine groups is 1. The van der Waals surface area contributed by atoms with Gasteiger partial charge < -0.3 is 5.21 Å². The second-order valence-corrected chi connectivity index (χ2v) is 2.89. The molecular formula is C7H10N3O2+. The molecule has 5 nitrogen and oxygen atoms in total. The molecule has 0 saturated heterocycles. The number of hydrogen-bond donors (Lipinski definition) is 2. The van der Waals surface area contributed by atoms with E-state index in [1.54, 1.807) is 25.2 Å². The number of hydrogen-bond acceptors (Lipinski definition) is 3. The standard InChI is InChI=1S/C7H10N3O2/c1-10(8)7-5-3-2-4-6(7)9(11)12-10/h2-5,9H,8H2,1H3/q+1. The molecule has 0 bridgehead atoms. The van der Waals surface area contributed by atoms with E-state index in [9.17, 15) is 5.21 Å². The summed E-state index contributed by atoms with van der Waals surface area (Å²) in [6.07, 6.45) is 0. The van der Waals surface area contributed by atoms with E-state index in [2.05, 4.69) is 0 Å². The Bertz CT molecular complexity index is 313. The normalized spacial score (nSPS) is 33.4. The van der Waals surface area contributed by atoms with Gasteiger partial charge in [-0.2, -0.15) is 0 Å². The van der Waals surface area contributed by atoms with Gasteiger partial charge in [0.25, 0.3) is 5.69 Å². The summed E-state index contributed by atoms with van der Waals surface area (Å²) in [4.78, 5) is 4.90. The van der Waals surface area contributed by atoms with Gasteiger partial charge in [0.15, 0.2) is 0 Å². The van der Waals surface area contributed by atoms with Crippen LogP contribution in [0, 0.1) is 5.21 Å². The predicted molar refractivity (Wildman–Crippen MR) is 43.4 cm³/mol. The summed E-state index contributed by atoms with van der Waals surface area (Å²) in [5, 5.41) is 10.8. The average Bonchev–Trinajstić information content (AvgIpc) is 2.25. The van der Waals surface area contributed by atoms with Gasteiger partial charge in [0.2, 0.25) is 5.69 Å². The average molecular weight is 168 g/mol. The third kappa shape index (κ3) is 0.927. The maximum atomic E-state index is 11.2. The van der Waals surface area contributed by atoms with Crippen molar-refractivity contribution in [2.75, 3.05) is 7.05 Å². The first kappa shape index (κ1) is 7.66. The molecule has 0 radical (unpaired) electrons. The first-order valence-corrected chi connectivity index (χ1v) is 3.60. The van der Waals surface area contributed by atoms with Gasteiger partial charge in [-0.05, 0) is 4.76 Å². The Hall–Kier alpha value is -0.980. The van der Waals surface area contributed by atoms with E-state index in [1.165, 1.54) is 0 Å². The summed E-state index contributed by atoms with van der Waals surface area (Å²) in [7, 11) is 1.61. The second-order valence-electron chi connectivity index (χ2n) is 2.89. The molecule has 0 fully saturated rings. The molecule has 1 heterocycles. The van der Waals surface area contributed by atoms with Crippen molar-refractivity contribution in [2.24, 2.45) is 5.84 Å². The molecule has 2 atom stereocenters. The number of nitrogens with zero attached hydrogens (tertiary/aromatic N) is 1. The molecule has 3 N–H and O–H groups in total. The van der Waals surface area contributed by atoms with E-state index in [0.29, 0.717) is 11.4 Å². The van der Waals surface area contributed by atoms with Crippen LogP contribution in [0.2, 0.25) is 0 Å². The zero-order valence-corrected chi connectivity index (χ0v) is 6.65. The minimum absolute atomic E-state index is 0.311. The zero-order chi connectivity index (χ0) is 8.77. The van der Waals surface area contributed by atoms with Crippen molar-refractivity contribution in [3.63, 3.8) is 0 Å². The van der Waals surface area contributed by atoms with Crippen molar-refractivity contribution in [1.29, 1.82) is 0 Å². The smallest absolute Gasteiger partial charge is 0.254 e. The van der Waals surface area contributed by atoms with Crippen LogP contribution in [0.15, 0.2) is 24.3 Å². The van der Waals surface area contributed by atoms with Gasteiger partial charge in [-0.25, -0.2) is 0 Å². The van der Waals surface area contributed by atoms with Crippen LogP contribution in [-0.2, 0) is 4.94 Å². The Morgan fingerprint density at radius 1 is 1.50 bits per heavy atom. The van der Waals surface area contributed by atoms with Gasteiger partial charge in [0.05, 0.1) is 0 Å². The van der Waals surface area contributed by atoms with Crippen molar-refractivity contribution < 1.29 is 10.2 Å². The predicted octanol–water partition coefficient (Wildman–Crippen LogP) is -0.628. The number of nitrogens with two attached hydrogens (primary N) is 1. The van der Waals surface area contributed by atoms with Crippen LogP contribution in [0.4, 0.5) is 11.4 Å². The number of para-hydroxylation sites is 1. The lowest BCUT2D eigenvalue weighted by Crippen LogP contribution is -3.01. The van der Waals surface area contributed by atoms with Crippen molar-refractivity contribution in [3.05, 3.63) is 29.5 Å². The first-order chi connectivity index (χ1) is 5.61. The highest BCUT2D eigenvalue weighted by atomic mass is 17.0. The van der Waals surface area contributed by atoms with Crippen LogP contribution in [0.25, 0.3) is 0 Å². The zero-order valence-electron chi connectivity index (χ0n) is 6.65. The quantitative estimate of drug-likeness (QED) is 0.308. The van der Waals surface area contributed by atoms with Gasteiger partial charge in [-0.3, -0.25) is 0 Å². The number of fused-ring (bicyclic) bond motifs is 1. The van der Waals surface area contributed by atoms with Crippen LogP contribution in [0.3, 0.4) is 0 Å². The summed E-state index contributed by atoms with van der Waals surface area (Å²) >= 11 is 0. The molecule has 0 spiro atoms. The van der Waals surface area contributed by atoms with E-state index >= 15 is 0 Å². The lowest BCUT2D eigenvalue weighted by atomic mass is 10.3. The fourth-order valence-corrected chi connectivity index (χ4v) is 1.30. The highest BCUT2D eigenvalue weighted by Crippen LogP contribution is 2.27. The molecule has 1 aromatic rings. The molecule has 64 valence electrons. The molecule has 12 heavy (non-hydrogen) atoms. The maximum Gasteiger partial charge on any atom is 0.254 e. The molecule has 0 saturated carbocycles. The van der Waals surface area contributed by atoms with Crippen molar-refractivity contribution in [2.45, 2.75) is 0 Å². The van der Waals surface area contributed by atoms with Crippen LogP contribution in [0.1, 0.15) is 0 Å². The number of benzene rings is 1. The van der Waals surface area contributed by atoms with E-state index in [-0.39, 0.29) is 9.98 Å². The monoisotopic (exact) mass is 168 g/mol. The Balaban J connectivity index is 2.58. The molecular weight excluding hydrogens is 158 g/mol. The van der Waals surface area contributed by atoms with Gasteiger partial charge >= 0.3 is 0 Å². The number of quaternary nitrogens is 2. The molecule has 0 amide bonds. The van der Waals surface area contributed by atoms with Crippen LogP contribution in [-0.4, -0.2) is 7.05 Å². The summed E-state index contributed by atoms with van der Waals surface area (Å²) in [5.74, 6) is 5.67. The minimum atomic E-state index is -0.365. The Kier molecular flexibility index (Phi) is 1.44. The van der Waals surface area contributed by atoms with E-state index in [0.717, 1.165) is 0 Å². The van der Waals surface area contributed by atoms with Gasteiger partial charge in [-0.15, -0.1) is 11.1 Å². The van der Waals surface area contributed by atoms with Crippen LogP contribution >= 0.6 is 0 Å². The van der Waals surface area contributed by atoms with Crippen molar-refractivity contribution in [1.82, 2.24) is 4.76 Å². The Morgan fingerprint density at radius 3 is 2.83 bits per heavy atom. The Labute approximate surface area is 69.6 Å². The highest BCUT2D eigenvalue weighted by Gasteiger charge is 2.41. The lowest BCUT2D eigenvalue weighted by molar-refractivity contribution is -1.02. The van der Waals surface area contributed by atoms with Gasteiger partial charge in [-0.1, -0.05) is 12.1 Å². The van der Waals surface area contributed by atoms with Gasteiger partial charge in [0, 0.05) is 17.1 Å². The summed E-state index contributed by atoms with van der Waals surface area (Å²) in [5.41, 5.74) is 1.24. The minimum Gasteiger partial charge on any atom is -0.590 e. The SMILES string of the molecule is C[N+]1(N)O[NH+]([O-])c2ccccc21. The fourth-order valence-electron chi connectivity index (χ4n) is 1.30. The first-order valence-electron chi connectivity index (χ1n) is 3.60. The van der Waals surface area contributed by atoms with E-state index in [4.69, 9.17) is 10.8 Å². The number of nitrogens with one attached hydrogen (secondary N) is 1. The maximum absolute atomic E-state index is 11.2. The fraction of sp³-hybridized carbons (Fsp3) is 0.143. The van der Waals surface area contributed by atoms with E-state index < -0.39 is 0 Å². The molecule has 0 aliphatic carbocycles. The molecule has 5 heteroatoms. The Morgan fingerprint density at radius 2 is 2.17 bits per heavy atom. The molecule has 1 aromatic carbocycles. The topological polar surface area (TPSA) is 62.8 Å². The summed E-state index contributed by atoms with van der Waals surface area (Å²) in [6, 6.07) is 7.09. The van der Waals surface area contributed by atoms with Crippen molar-refractivity contribution in [3.8, 4) is 0 Å². The van der Waals surface area contributed by atoms with Crippen LogP contribution < -0.4 is 15.8 Å². The van der Waals surface area contributed by atoms with Gasteiger partial charge in [0.1, 0.15) is 7.05 Å². The second kappa shape index (κ2) is 2.25. The van der Waals surface area contributed by atoms with Crippen molar-refractivity contribution >= 4 is 11.4 Å². The highest BCUT2D eigenvalue weighted by molar-refractivity contribution is 5.59. The van der Waals surface area contributed by atoms with E-state index in [1.807, 2.05) is 6.07 Å². The molecule has 0 aromatic heterocycles. The molecule has 2 unspecified atom stereocenters. The lowest BCUT2D eigenvalue weighted by Gasteiger charge is -2.15. The number of rotatable bonds is 0. The summed E-state index contributed by atoms with van der Waals surface area (Å²) in [6.45, 7) is 0. The summed E-state index contributed by atoms with van der Waals surface area (Å²) < 4.78 is -0.311. The molecule has 2 rings (SSSR count). The third-order valence-corrected chi connectivity index (χ3v) is 1.87. The van der Waals surface area contributed by atoms with Crippen LogP contribution in [0.5, 0.6) is 0 Å².